The molecule has 0 saturated heterocycles. The Hall–Kier alpha value is -2.54. The number of aromatic nitrogens is 2. The van der Waals surface area contributed by atoms with Crippen LogP contribution in [-0.2, 0) is 18.4 Å². The molecular formula is C18H23ClN4O3. The van der Waals surface area contributed by atoms with Crippen LogP contribution >= 0.6 is 11.6 Å². The summed E-state index contributed by atoms with van der Waals surface area (Å²) in [5.74, 6) is 0.329. The van der Waals surface area contributed by atoms with E-state index in [9.17, 15) is 9.59 Å². The van der Waals surface area contributed by atoms with Gasteiger partial charge in [-0.15, -0.1) is 0 Å². The predicted molar refractivity (Wildman–Crippen MR) is 99.2 cm³/mol. The van der Waals surface area contributed by atoms with Gasteiger partial charge in [-0.25, -0.2) is 4.98 Å². The van der Waals surface area contributed by atoms with E-state index in [2.05, 4.69) is 15.6 Å². The number of halogens is 1. The number of nitrogens with zero attached hydrogens (tertiary/aromatic N) is 2. The Morgan fingerprint density at radius 2 is 2.00 bits per heavy atom. The van der Waals surface area contributed by atoms with E-state index in [-0.39, 0.29) is 24.3 Å². The van der Waals surface area contributed by atoms with Crippen LogP contribution in [-0.4, -0.2) is 34.5 Å². The third kappa shape index (κ3) is 4.54. The van der Waals surface area contributed by atoms with Crippen molar-refractivity contribution in [2.75, 3.05) is 7.11 Å². The molecule has 26 heavy (non-hydrogen) atoms. The molecule has 1 aromatic carbocycles. The minimum Gasteiger partial charge on any atom is -0.496 e. The van der Waals surface area contributed by atoms with E-state index in [4.69, 9.17) is 16.3 Å². The van der Waals surface area contributed by atoms with Crippen LogP contribution in [0.2, 0.25) is 5.15 Å². The molecule has 2 rings (SSSR count). The third-order valence-corrected chi connectivity index (χ3v) is 4.39. The first-order valence-corrected chi connectivity index (χ1v) is 8.60. The molecule has 2 aromatic rings. The van der Waals surface area contributed by atoms with Crippen LogP contribution in [0, 0.1) is 5.92 Å². The third-order valence-electron chi connectivity index (χ3n) is 4.04. The summed E-state index contributed by atoms with van der Waals surface area (Å²) in [7, 11) is 3.26. The largest absolute Gasteiger partial charge is 0.496 e. The Kier molecular flexibility index (Phi) is 6.63. The van der Waals surface area contributed by atoms with Crippen molar-refractivity contribution in [3.63, 3.8) is 0 Å². The Balaban J connectivity index is 2.06. The van der Waals surface area contributed by atoms with Gasteiger partial charge < -0.3 is 19.9 Å². The van der Waals surface area contributed by atoms with Gasteiger partial charge in [0.25, 0.3) is 5.91 Å². The number of hydrogen-bond acceptors (Lipinski definition) is 4. The van der Waals surface area contributed by atoms with Crippen molar-refractivity contribution in [1.29, 1.82) is 0 Å². The molecule has 1 atom stereocenters. The number of benzene rings is 1. The molecule has 2 amide bonds. The van der Waals surface area contributed by atoms with Crippen molar-refractivity contribution in [2.24, 2.45) is 13.0 Å². The summed E-state index contributed by atoms with van der Waals surface area (Å²) in [6, 6.07) is 6.18. The van der Waals surface area contributed by atoms with Gasteiger partial charge in [0.05, 0.1) is 25.4 Å². The van der Waals surface area contributed by atoms with E-state index in [1.54, 1.807) is 35.9 Å². The standard InChI is InChI=1S/C18H23ClN4O3/c1-11(2)16(18(25)21-10-15-20-9-14(19)23(15)3)22-17(24)12-7-5-6-8-13(12)26-4/h5-9,11,16H,10H2,1-4H3,(H,21,25)(H,22,24)/t16-/m1/s1. The highest BCUT2D eigenvalue weighted by molar-refractivity contribution is 6.29. The maximum Gasteiger partial charge on any atom is 0.255 e. The van der Waals surface area contributed by atoms with E-state index in [1.807, 2.05) is 13.8 Å². The monoisotopic (exact) mass is 378 g/mol. The second-order valence-electron chi connectivity index (χ2n) is 6.17. The lowest BCUT2D eigenvalue weighted by Gasteiger charge is -2.22. The molecule has 0 aliphatic rings. The summed E-state index contributed by atoms with van der Waals surface area (Å²) in [6.45, 7) is 3.95. The second-order valence-corrected chi connectivity index (χ2v) is 6.56. The number of rotatable bonds is 7. The molecule has 1 aromatic heterocycles. The van der Waals surface area contributed by atoms with Gasteiger partial charge in [0.15, 0.2) is 0 Å². The molecule has 0 aliphatic carbocycles. The fraction of sp³-hybridized carbons (Fsp3) is 0.389. The minimum absolute atomic E-state index is 0.0985. The van der Waals surface area contributed by atoms with Gasteiger partial charge >= 0.3 is 0 Å². The number of para-hydroxylation sites is 1. The van der Waals surface area contributed by atoms with Crippen molar-refractivity contribution in [1.82, 2.24) is 20.2 Å². The van der Waals surface area contributed by atoms with Crippen molar-refractivity contribution < 1.29 is 14.3 Å². The number of hydrogen-bond donors (Lipinski definition) is 2. The molecule has 0 aliphatic heterocycles. The minimum atomic E-state index is -0.692. The van der Waals surface area contributed by atoms with Crippen LogP contribution in [0.5, 0.6) is 5.75 Å². The number of imidazole rings is 1. The highest BCUT2D eigenvalue weighted by atomic mass is 35.5. The van der Waals surface area contributed by atoms with Crippen LogP contribution in [0.3, 0.4) is 0 Å². The van der Waals surface area contributed by atoms with Gasteiger partial charge in [-0.3, -0.25) is 9.59 Å². The lowest BCUT2D eigenvalue weighted by molar-refractivity contribution is -0.124. The van der Waals surface area contributed by atoms with E-state index < -0.39 is 6.04 Å². The number of ether oxygens (including phenoxy) is 1. The van der Waals surface area contributed by atoms with Crippen molar-refractivity contribution in [3.8, 4) is 5.75 Å². The maximum atomic E-state index is 12.6. The molecule has 0 fully saturated rings. The summed E-state index contributed by atoms with van der Waals surface area (Å²) < 4.78 is 6.89. The van der Waals surface area contributed by atoms with E-state index in [0.717, 1.165) is 0 Å². The highest BCUT2D eigenvalue weighted by Crippen LogP contribution is 2.17. The first-order valence-electron chi connectivity index (χ1n) is 8.22. The lowest BCUT2D eigenvalue weighted by Crippen LogP contribution is -2.49. The van der Waals surface area contributed by atoms with Gasteiger partial charge in [-0.1, -0.05) is 37.6 Å². The van der Waals surface area contributed by atoms with Gasteiger partial charge in [0.1, 0.15) is 22.8 Å². The van der Waals surface area contributed by atoms with Crippen LogP contribution < -0.4 is 15.4 Å². The fourth-order valence-electron chi connectivity index (χ4n) is 2.45. The second kappa shape index (κ2) is 8.71. The Labute approximate surface area is 157 Å². The SMILES string of the molecule is COc1ccccc1C(=O)N[C@@H](C(=O)NCc1ncc(Cl)n1C)C(C)C. The van der Waals surface area contributed by atoms with Gasteiger partial charge in [-0.2, -0.15) is 0 Å². The zero-order valence-electron chi connectivity index (χ0n) is 15.2. The maximum absolute atomic E-state index is 12.6. The summed E-state index contributed by atoms with van der Waals surface area (Å²) in [5, 5.41) is 6.06. The van der Waals surface area contributed by atoms with Crippen molar-refractivity contribution in [2.45, 2.75) is 26.4 Å². The first-order chi connectivity index (χ1) is 12.3. The van der Waals surface area contributed by atoms with E-state index in [1.165, 1.54) is 13.3 Å². The van der Waals surface area contributed by atoms with E-state index >= 15 is 0 Å². The molecule has 7 nitrogen and oxygen atoms in total. The number of carbonyl (C=O) groups is 2. The zero-order chi connectivity index (χ0) is 19.3. The summed E-state index contributed by atoms with van der Waals surface area (Å²) in [5.41, 5.74) is 0.379. The molecule has 0 radical (unpaired) electrons. The highest BCUT2D eigenvalue weighted by Gasteiger charge is 2.26. The molecule has 2 N–H and O–H groups in total. The fourth-order valence-corrected chi connectivity index (χ4v) is 2.60. The molecule has 1 heterocycles. The van der Waals surface area contributed by atoms with E-state index in [0.29, 0.717) is 22.3 Å². The van der Waals surface area contributed by atoms with Crippen LogP contribution in [0.15, 0.2) is 30.5 Å². The van der Waals surface area contributed by atoms with Crippen LogP contribution in [0.1, 0.15) is 30.0 Å². The quantitative estimate of drug-likeness (QED) is 0.773. The topological polar surface area (TPSA) is 85.2 Å². The summed E-state index contributed by atoms with van der Waals surface area (Å²) in [4.78, 5) is 29.3. The summed E-state index contributed by atoms with van der Waals surface area (Å²) in [6.07, 6.45) is 1.52. The smallest absolute Gasteiger partial charge is 0.255 e. The van der Waals surface area contributed by atoms with Crippen LogP contribution in [0.4, 0.5) is 0 Å². The lowest BCUT2D eigenvalue weighted by atomic mass is 10.0. The molecule has 0 unspecified atom stereocenters. The average Bonchev–Trinajstić information content (AvgIpc) is 2.95. The number of amides is 2. The molecule has 0 bridgehead atoms. The van der Waals surface area contributed by atoms with Gasteiger partial charge in [-0.05, 0) is 18.1 Å². The number of nitrogens with one attached hydrogen (secondary N) is 2. The Morgan fingerprint density at radius 3 is 2.58 bits per heavy atom. The Bertz CT molecular complexity index is 788. The van der Waals surface area contributed by atoms with Crippen molar-refractivity contribution in [3.05, 3.63) is 47.0 Å². The van der Waals surface area contributed by atoms with Gasteiger partial charge in [0.2, 0.25) is 5.91 Å². The molecule has 0 spiro atoms. The average molecular weight is 379 g/mol. The normalized spacial score (nSPS) is 11.9. The first kappa shape index (κ1) is 19.8. The molecular weight excluding hydrogens is 356 g/mol. The molecule has 140 valence electrons. The number of carbonyl (C=O) groups excluding carboxylic acids is 2. The van der Waals surface area contributed by atoms with Crippen molar-refractivity contribution >= 4 is 23.4 Å². The zero-order valence-corrected chi connectivity index (χ0v) is 16.0. The predicted octanol–water partition coefficient (Wildman–Crippen LogP) is 2.15. The number of methoxy groups -OCH3 is 1. The molecule has 8 heteroatoms. The van der Waals surface area contributed by atoms with Crippen LogP contribution in [0.25, 0.3) is 0 Å². The van der Waals surface area contributed by atoms with Gasteiger partial charge in [0, 0.05) is 7.05 Å². The summed E-state index contributed by atoms with van der Waals surface area (Å²) >= 11 is 5.94. The Morgan fingerprint density at radius 1 is 1.31 bits per heavy atom. The molecule has 0 saturated carbocycles.